The van der Waals surface area contributed by atoms with Gasteiger partial charge in [-0.25, -0.2) is 0 Å². The lowest BCUT2D eigenvalue weighted by atomic mass is 9.93. The molecule has 1 unspecified atom stereocenters. The Kier molecular flexibility index (Phi) is 4.89. The van der Waals surface area contributed by atoms with E-state index in [1.54, 1.807) is 0 Å². The number of ether oxygens (including phenoxy) is 1. The van der Waals surface area contributed by atoms with E-state index in [2.05, 4.69) is 4.90 Å². The van der Waals surface area contributed by atoms with Gasteiger partial charge in [0.1, 0.15) is 5.75 Å². The number of likely N-dealkylation sites (tertiary alicyclic amines) is 1. The highest BCUT2D eigenvalue weighted by molar-refractivity contribution is 6.30. The topological polar surface area (TPSA) is 55.6 Å². The molecule has 1 aromatic rings. The van der Waals surface area contributed by atoms with Crippen LogP contribution in [0.5, 0.6) is 5.75 Å². The number of piperidine rings is 1. The van der Waals surface area contributed by atoms with Crippen molar-refractivity contribution in [1.29, 1.82) is 0 Å². The van der Waals surface area contributed by atoms with E-state index in [-0.39, 0.29) is 5.91 Å². The van der Waals surface area contributed by atoms with Crippen molar-refractivity contribution in [2.45, 2.75) is 38.6 Å². The van der Waals surface area contributed by atoms with Crippen LogP contribution in [0.1, 0.15) is 36.8 Å². The van der Waals surface area contributed by atoms with E-state index in [0.717, 1.165) is 49.9 Å². The van der Waals surface area contributed by atoms with E-state index in [4.69, 9.17) is 22.1 Å². The number of halogens is 1. The molecule has 2 aliphatic rings. The van der Waals surface area contributed by atoms with Crippen LogP contribution in [0, 0.1) is 5.92 Å². The van der Waals surface area contributed by atoms with Crippen LogP contribution in [-0.4, -0.2) is 30.5 Å². The number of nitrogens with zero attached hydrogens (tertiary/aromatic N) is 1. The summed E-state index contributed by atoms with van der Waals surface area (Å²) in [5.41, 5.74) is 7.68. The zero-order valence-electron chi connectivity index (χ0n) is 12.8. The van der Waals surface area contributed by atoms with Crippen molar-refractivity contribution >= 4 is 17.5 Å². The maximum atomic E-state index is 11.0. The molecule has 1 fully saturated rings. The zero-order valence-corrected chi connectivity index (χ0v) is 13.6. The summed E-state index contributed by atoms with van der Waals surface area (Å²) >= 11 is 6.23. The highest BCUT2D eigenvalue weighted by atomic mass is 35.5. The van der Waals surface area contributed by atoms with Gasteiger partial charge < -0.3 is 10.5 Å². The molecule has 2 N–H and O–H groups in total. The second-order valence-corrected chi connectivity index (χ2v) is 6.84. The Labute approximate surface area is 136 Å². The van der Waals surface area contributed by atoms with E-state index in [0.29, 0.717) is 12.3 Å². The molecule has 22 heavy (non-hydrogen) atoms. The lowest BCUT2D eigenvalue weighted by Gasteiger charge is -2.33. The van der Waals surface area contributed by atoms with Gasteiger partial charge in [0.2, 0.25) is 5.91 Å². The van der Waals surface area contributed by atoms with Crippen LogP contribution in [0.2, 0.25) is 5.02 Å². The maximum Gasteiger partial charge on any atom is 0.217 e. The van der Waals surface area contributed by atoms with Crippen LogP contribution in [0.15, 0.2) is 12.1 Å². The second-order valence-electron chi connectivity index (χ2n) is 6.40. The minimum absolute atomic E-state index is 0.196. The molecule has 4 nitrogen and oxygen atoms in total. The zero-order chi connectivity index (χ0) is 15.5. The lowest BCUT2D eigenvalue weighted by Crippen LogP contribution is -2.35. The summed E-state index contributed by atoms with van der Waals surface area (Å²) < 4.78 is 5.79. The first-order valence-corrected chi connectivity index (χ1v) is 8.44. The van der Waals surface area contributed by atoms with Crippen molar-refractivity contribution in [3.63, 3.8) is 0 Å². The quantitative estimate of drug-likeness (QED) is 0.907. The lowest BCUT2D eigenvalue weighted by molar-refractivity contribution is -0.118. The molecule has 1 saturated heterocycles. The summed E-state index contributed by atoms with van der Waals surface area (Å²) in [6, 6.07) is 4.04. The predicted molar refractivity (Wildman–Crippen MR) is 87.1 cm³/mol. The Morgan fingerprint density at radius 1 is 1.45 bits per heavy atom. The Hall–Kier alpha value is -1.26. The number of amides is 1. The molecular formula is C17H23ClN2O2. The number of fused-ring (bicyclic) bond motifs is 1. The molecule has 2 aliphatic heterocycles. The minimum Gasteiger partial charge on any atom is -0.493 e. The number of nitrogens with two attached hydrogens (primary N) is 1. The van der Waals surface area contributed by atoms with Crippen molar-refractivity contribution in [1.82, 2.24) is 4.90 Å². The van der Waals surface area contributed by atoms with Gasteiger partial charge in [-0.1, -0.05) is 11.6 Å². The predicted octanol–water partition coefficient (Wildman–Crippen LogP) is 2.75. The monoisotopic (exact) mass is 322 g/mol. The molecule has 120 valence electrons. The van der Waals surface area contributed by atoms with Crippen molar-refractivity contribution in [3.8, 4) is 5.75 Å². The molecular weight excluding hydrogens is 300 g/mol. The molecule has 0 aliphatic carbocycles. The Balaban J connectivity index is 1.64. The average Bonchev–Trinajstić information content (AvgIpc) is 2.94. The molecule has 1 aromatic carbocycles. The molecule has 1 atom stereocenters. The SMILES string of the molecule is NC(=O)CCC1CCCN(Cc2cc(Cl)cc3c2OCC3)C1. The molecule has 5 heteroatoms. The van der Waals surface area contributed by atoms with Crippen molar-refractivity contribution in [3.05, 3.63) is 28.3 Å². The summed E-state index contributed by atoms with van der Waals surface area (Å²) in [5, 5.41) is 0.793. The fourth-order valence-corrected chi connectivity index (χ4v) is 3.84. The number of rotatable bonds is 5. The summed E-state index contributed by atoms with van der Waals surface area (Å²) in [5.74, 6) is 1.40. The van der Waals surface area contributed by atoms with Crippen molar-refractivity contribution in [2.75, 3.05) is 19.7 Å². The van der Waals surface area contributed by atoms with Crippen LogP contribution in [0.25, 0.3) is 0 Å². The molecule has 0 bridgehead atoms. The fraction of sp³-hybridized carbons (Fsp3) is 0.588. The summed E-state index contributed by atoms with van der Waals surface area (Å²) in [4.78, 5) is 13.4. The number of benzene rings is 1. The Bertz CT molecular complexity index is 562. The summed E-state index contributed by atoms with van der Waals surface area (Å²) in [7, 11) is 0. The molecule has 3 rings (SSSR count). The van der Waals surface area contributed by atoms with Gasteiger partial charge in [0.25, 0.3) is 0 Å². The summed E-state index contributed by atoms with van der Waals surface area (Å²) in [6.07, 6.45) is 4.70. The van der Waals surface area contributed by atoms with Gasteiger partial charge in [-0.3, -0.25) is 9.69 Å². The van der Waals surface area contributed by atoms with Gasteiger partial charge in [-0.2, -0.15) is 0 Å². The molecule has 1 amide bonds. The third kappa shape index (κ3) is 3.73. The van der Waals surface area contributed by atoms with Gasteiger partial charge in [0.15, 0.2) is 0 Å². The van der Waals surface area contributed by atoms with E-state index in [1.807, 2.05) is 12.1 Å². The minimum atomic E-state index is -0.196. The van der Waals surface area contributed by atoms with E-state index in [9.17, 15) is 4.79 Å². The van der Waals surface area contributed by atoms with Crippen molar-refractivity contribution < 1.29 is 9.53 Å². The maximum absolute atomic E-state index is 11.0. The Morgan fingerprint density at radius 3 is 3.14 bits per heavy atom. The van der Waals surface area contributed by atoms with Crippen LogP contribution < -0.4 is 10.5 Å². The smallest absolute Gasteiger partial charge is 0.217 e. The normalized spacial score (nSPS) is 21.4. The van der Waals surface area contributed by atoms with E-state index < -0.39 is 0 Å². The van der Waals surface area contributed by atoms with Gasteiger partial charge in [-0.15, -0.1) is 0 Å². The number of carbonyl (C=O) groups excluding carboxylic acids is 1. The van der Waals surface area contributed by atoms with Gasteiger partial charge in [0.05, 0.1) is 6.61 Å². The molecule has 0 aromatic heterocycles. The van der Waals surface area contributed by atoms with Gasteiger partial charge in [-0.05, 0) is 49.4 Å². The van der Waals surface area contributed by atoms with Crippen LogP contribution in [0.4, 0.5) is 0 Å². The molecule has 0 radical (unpaired) electrons. The number of carbonyl (C=O) groups is 1. The van der Waals surface area contributed by atoms with Gasteiger partial charge >= 0.3 is 0 Å². The third-order valence-corrected chi connectivity index (χ3v) is 4.84. The standard InChI is InChI=1S/C17H23ClN2O2/c18-15-8-13-5-7-22-17(13)14(9-15)11-20-6-1-2-12(10-20)3-4-16(19)21/h8-9,12H,1-7,10-11H2,(H2,19,21). The van der Waals surface area contributed by atoms with E-state index >= 15 is 0 Å². The number of hydrogen-bond acceptors (Lipinski definition) is 3. The first-order valence-electron chi connectivity index (χ1n) is 8.06. The number of hydrogen-bond donors (Lipinski definition) is 1. The fourth-order valence-electron chi connectivity index (χ4n) is 3.58. The first-order chi connectivity index (χ1) is 10.6. The van der Waals surface area contributed by atoms with E-state index in [1.165, 1.54) is 24.0 Å². The highest BCUT2D eigenvalue weighted by Gasteiger charge is 2.23. The van der Waals surface area contributed by atoms with Crippen LogP contribution in [0.3, 0.4) is 0 Å². The molecule has 0 spiro atoms. The third-order valence-electron chi connectivity index (χ3n) is 4.62. The van der Waals surface area contributed by atoms with Crippen molar-refractivity contribution in [2.24, 2.45) is 11.7 Å². The number of primary amides is 1. The Morgan fingerprint density at radius 2 is 2.32 bits per heavy atom. The van der Waals surface area contributed by atoms with Crippen LogP contribution >= 0.6 is 11.6 Å². The largest absolute Gasteiger partial charge is 0.493 e. The average molecular weight is 323 g/mol. The van der Waals surface area contributed by atoms with Gasteiger partial charge in [0, 0.05) is 36.5 Å². The second kappa shape index (κ2) is 6.88. The van der Waals surface area contributed by atoms with Crippen LogP contribution in [-0.2, 0) is 17.8 Å². The molecule has 2 heterocycles. The summed E-state index contributed by atoms with van der Waals surface area (Å²) in [6.45, 7) is 3.74. The first kappa shape index (κ1) is 15.6. The highest BCUT2D eigenvalue weighted by Crippen LogP contribution is 2.34. The molecule has 0 saturated carbocycles.